The van der Waals surface area contributed by atoms with E-state index in [9.17, 15) is 0 Å². The van der Waals surface area contributed by atoms with Crippen LogP contribution in [0.15, 0.2) is 54.6 Å². The first-order valence-electron chi connectivity index (χ1n) is 5.43. The lowest BCUT2D eigenvalue weighted by Gasteiger charge is -2.17. The number of anilines is 2. The summed E-state index contributed by atoms with van der Waals surface area (Å²) in [7, 11) is 0. The van der Waals surface area contributed by atoms with Crippen LogP contribution in [-0.2, 0) is 6.54 Å². The molecule has 2 aromatic rings. The second-order valence-corrected chi connectivity index (χ2v) is 3.90. The van der Waals surface area contributed by atoms with Gasteiger partial charge < -0.3 is 10.2 Å². The van der Waals surface area contributed by atoms with Crippen LogP contribution in [0.25, 0.3) is 0 Å². The highest BCUT2D eigenvalue weighted by Gasteiger charge is 2.17. The minimum atomic E-state index is 0.908. The van der Waals surface area contributed by atoms with Crippen LogP contribution in [0.3, 0.4) is 0 Å². The molecule has 79 valence electrons. The van der Waals surface area contributed by atoms with Gasteiger partial charge in [0.25, 0.3) is 0 Å². The fourth-order valence-corrected chi connectivity index (χ4v) is 1.97. The normalized spacial score (nSPS) is 13.4. The largest absolute Gasteiger partial charge is 0.360 e. The van der Waals surface area contributed by atoms with Crippen molar-refractivity contribution in [2.75, 3.05) is 10.2 Å². The van der Waals surface area contributed by atoms with Crippen molar-refractivity contribution in [3.8, 4) is 0 Å². The van der Waals surface area contributed by atoms with Crippen LogP contribution in [0.2, 0.25) is 0 Å². The van der Waals surface area contributed by atoms with Gasteiger partial charge in [0.05, 0.1) is 11.4 Å². The topological polar surface area (TPSA) is 15.3 Å². The van der Waals surface area contributed by atoms with Crippen LogP contribution in [0, 0.1) is 6.67 Å². The maximum absolute atomic E-state index is 3.27. The van der Waals surface area contributed by atoms with E-state index in [0.29, 0.717) is 0 Å². The Kier molecular flexibility index (Phi) is 2.26. The zero-order chi connectivity index (χ0) is 10.8. The highest BCUT2D eigenvalue weighted by atomic mass is 15.3. The summed E-state index contributed by atoms with van der Waals surface area (Å²) in [6.07, 6.45) is 0. The Balaban J connectivity index is 1.84. The maximum atomic E-state index is 3.27. The number of nitrogens with one attached hydrogen (secondary N) is 1. The van der Waals surface area contributed by atoms with E-state index in [2.05, 4.69) is 52.7 Å². The average Bonchev–Trinajstić information content (AvgIpc) is 2.74. The molecule has 1 heterocycles. The van der Waals surface area contributed by atoms with Crippen molar-refractivity contribution in [3.63, 3.8) is 0 Å². The van der Waals surface area contributed by atoms with Gasteiger partial charge in [0.15, 0.2) is 0 Å². The third kappa shape index (κ3) is 1.63. The van der Waals surface area contributed by atoms with Crippen LogP contribution in [0.1, 0.15) is 5.56 Å². The molecule has 2 aromatic carbocycles. The van der Waals surface area contributed by atoms with Gasteiger partial charge in [0.1, 0.15) is 6.67 Å². The molecule has 2 heteroatoms. The summed E-state index contributed by atoms with van der Waals surface area (Å²) >= 11 is 0. The predicted molar refractivity (Wildman–Crippen MR) is 67.0 cm³/mol. The first kappa shape index (κ1) is 9.28. The number of rotatable bonds is 2. The van der Waals surface area contributed by atoms with Crippen molar-refractivity contribution >= 4 is 11.4 Å². The number of para-hydroxylation sites is 2. The first-order chi connectivity index (χ1) is 7.93. The maximum Gasteiger partial charge on any atom is 0.139 e. The summed E-state index contributed by atoms with van der Waals surface area (Å²) < 4.78 is 0. The zero-order valence-electron chi connectivity index (χ0n) is 8.93. The number of nitrogens with zero attached hydrogens (tertiary/aromatic N) is 1. The van der Waals surface area contributed by atoms with Gasteiger partial charge in [-0.15, -0.1) is 0 Å². The zero-order valence-corrected chi connectivity index (χ0v) is 8.93. The second kappa shape index (κ2) is 3.89. The second-order valence-electron chi connectivity index (χ2n) is 3.90. The quantitative estimate of drug-likeness (QED) is 0.816. The molecule has 0 bridgehead atoms. The number of benzene rings is 2. The molecule has 0 amide bonds. The molecule has 3 rings (SSSR count). The monoisotopic (exact) mass is 209 g/mol. The molecule has 2 nitrogen and oxygen atoms in total. The molecule has 1 radical (unpaired) electrons. The molecule has 0 fully saturated rings. The van der Waals surface area contributed by atoms with E-state index in [1.807, 2.05) is 18.8 Å². The summed E-state index contributed by atoms with van der Waals surface area (Å²) in [5, 5.41) is 3.27. The molecule has 0 aromatic heterocycles. The van der Waals surface area contributed by atoms with Gasteiger partial charge in [-0.05, 0) is 17.7 Å². The molecular formula is C14H13N2. The SMILES string of the molecule is [CH]1Nc2ccccc2N1Cc1ccccc1. The van der Waals surface area contributed by atoms with Gasteiger partial charge in [-0.1, -0.05) is 42.5 Å². The van der Waals surface area contributed by atoms with Crippen LogP contribution in [-0.4, -0.2) is 0 Å². The summed E-state index contributed by atoms with van der Waals surface area (Å²) in [5.41, 5.74) is 3.74. The van der Waals surface area contributed by atoms with Crippen molar-refractivity contribution in [2.45, 2.75) is 6.54 Å². The van der Waals surface area contributed by atoms with E-state index in [4.69, 9.17) is 0 Å². The van der Waals surface area contributed by atoms with Crippen LogP contribution in [0.4, 0.5) is 11.4 Å². The van der Waals surface area contributed by atoms with Crippen LogP contribution < -0.4 is 10.2 Å². The first-order valence-corrected chi connectivity index (χ1v) is 5.43. The number of hydrogen-bond donors (Lipinski definition) is 1. The smallest absolute Gasteiger partial charge is 0.139 e. The van der Waals surface area contributed by atoms with Crippen molar-refractivity contribution in [1.29, 1.82) is 0 Å². The predicted octanol–water partition coefficient (Wildman–Crippen LogP) is 3.24. The molecule has 1 N–H and O–H groups in total. The Morgan fingerprint density at radius 2 is 1.62 bits per heavy atom. The Bertz CT molecular complexity index is 479. The lowest BCUT2D eigenvalue weighted by molar-refractivity contribution is 0.940. The molecule has 0 unspecified atom stereocenters. The average molecular weight is 209 g/mol. The molecule has 0 spiro atoms. The van der Waals surface area contributed by atoms with E-state index < -0.39 is 0 Å². The van der Waals surface area contributed by atoms with Crippen molar-refractivity contribution in [1.82, 2.24) is 0 Å². The third-order valence-electron chi connectivity index (χ3n) is 2.79. The van der Waals surface area contributed by atoms with Gasteiger partial charge in [-0.3, -0.25) is 0 Å². The fraction of sp³-hybridized carbons (Fsp3) is 0.0714. The van der Waals surface area contributed by atoms with Gasteiger partial charge in [0, 0.05) is 6.54 Å². The Morgan fingerprint density at radius 1 is 0.875 bits per heavy atom. The van der Waals surface area contributed by atoms with Crippen molar-refractivity contribution in [3.05, 3.63) is 66.8 Å². The van der Waals surface area contributed by atoms with Gasteiger partial charge >= 0.3 is 0 Å². The molecule has 0 aliphatic carbocycles. The highest BCUT2D eigenvalue weighted by molar-refractivity contribution is 5.76. The van der Waals surface area contributed by atoms with E-state index >= 15 is 0 Å². The molecule has 16 heavy (non-hydrogen) atoms. The summed E-state index contributed by atoms with van der Waals surface area (Å²) in [6, 6.07) is 18.8. The van der Waals surface area contributed by atoms with E-state index in [1.54, 1.807) is 0 Å². The minimum Gasteiger partial charge on any atom is -0.360 e. The Morgan fingerprint density at radius 3 is 2.50 bits per heavy atom. The lowest BCUT2D eigenvalue weighted by Crippen LogP contribution is -2.16. The van der Waals surface area contributed by atoms with E-state index in [-0.39, 0.29) is 0 Å². The molecular weight excluding hydrogens is 196 g/mol. The highest BCUT2D eigenvalue weighted by Crippen LogP contribution is 2.33. The van der Waals surface area contributed by atoms with Crippen LogP contribution >= 0.6 is 0 Å². The standard InChI is InChI=1S/C14H13N2/c1-2-6-12(7-3-1)10-16-11-15-13-8-4-5-9-14(13)16/h1-9,11,15H,10H2. The Hall–Kier alpha value is -1.96. The summed E-state index contributed by atoms with van der Waals surface area (Å²) in [4.78, 5) is 2.23. The van der Waals surface area contributed by atoms with Crippen molar-refractivity contribution in [2.24, 2.45) is 0 Å². The number of hydrogen-bond acceptors (Lipinski definition) is 2. The third-order valence-corrected chi connectivity index (χ3v) is 2.79. The molecule has 0 saturated heterocycles. The summed E-state index contributed by atoms with van der Waals surface area (Å²) in [5.74, 6) is 0. The molecule has 0 atom stereocenters. The molecule has 1 aliphatic rings. The van der Waals surface area contributed by atoms with Crippen molar-refractivity contribution < 1.29 is 0 Å². The molecule has 0 saturated carbocycles. The molecule has 1 aliphatic heterocycles. The number of fused-ring (bicyclic) bond motifs is 1. The van der Waals surface area contributed by atoms with Gasteiger partial charge in [0.2, 0.25) is 0 Å². The minimum absolute atomic E-state index is 0.908. The Labute approximate surface area is 95.5 Å². The van der Waals surface area contributed by atoms with Crippen LogP contribution in [0.5, 0.6) is 0 Å². The van der Waals surface area contributed by atoms with Gasteiger partial charge in [-0.25, -0.2) is 0 Å². The van der Waals surface area contributed by atoms with E-state index in [0.717, 1.165) is 6.54 Å². The van der Waals surface area contributed by atoms with E-state index in [1.165, 1.54) is 16.9 Å². The fourth-order valence-electron chi connectivity index (χ4n) is 1.97. The summed E-state index contributed by atoms with van der Waals surface area (Å²) in [6.45, 7) is 2.93. The lowest BCUT2D eigenvalue weighted by atomic mass is 10.2. The van der Waals surface area contributed by atoms with Gasteiger partial charge in [-0.2, -0.15) is 0 Å².